The molecule has 5 rings (SSSR count). The van der Waals surface area contributed by atoms with Crippen LogP contribution in [0.25, 0.3) is 0 Å². The number of para-hydroxylation sites is 1. The highest BCUT2D eigenvalue weighted by Crippen LogP contribution is 2.31. The summed E-state index contributed by atoms with van der Waals surface area (Å²) in [7, 11) is 1.57. The summed E-state index contributed by atoms with van der Waals surface area (Å²) in [5.41, 5.74) is 1.79. The highest BCUT2D eigenvalue weighted by molar-refractivity contribution is 6.52. The first-order chi connectivity index (χ1) is 20.7. The molecule has 0 aliphatic carbocycles. The third kappa shape index (κ3) is 6.10. The van der Waals surface area contributed by atoms with Crippen molar-refractivity contribution in [2.75, 3.05) is 55.1 Å². The van der Waals surface area contributed by atoms with E-state index in [1.807, 2.05) is 43.3 Å². The first kappa shape index (κ1) is 29.8. The fourth-order valence-corrected chi connectivity index (χ4v) is 5.39. The lowest BCUT2D eigenvalue weighted by atomic mass is 9.93. The van der Waals surface area contributed by atoms with Crippen LogP contribution < -0.4 is 19.9 Å². The summed E-state index contributed by atoms with van der Waals surface area (Å²) in [5.74, 6) is -1.57. The van der Waals surface area contributed by atoms with Gasteiger partial charge in [0.15, 0.2) is 0 Å². The first-order valence-corrected chi connectivity index (χ1v) is 14.4. The SMILES string of the molecule is CC[C@](C)(C(=O)Nc1ccc(N2CCOCC2)cc1)N(Cc1ccc(OC)cc1)C(=O)CN1C(=O)C(=O)c2ccccc21. The molecule has 10 heteroatoms. The molecule has 224 valence electrons. The van der Waals surface area contributed by atoms with E-state index in [0.717, 1.165) is 24.3 Å². The molecule has 2 heterocycles. The number of morpholine rings is 1. The molecular weight excluding hydrogens is 548 g/mol. The molecule has 0 spiro atoms. The number of nitrogens with zero attached hydrogens (tertiary/aromatic N) is 3. The molecule has 2 aliphatic heterocycles. The van der Waals surface area contributed by atoms with E-state index in [0.29, 0.717) is 36.8 Å². The maximum absolute atomic E-state index is 14.1. The number of ether oxygens (including phenoxy) is 2. The molecule has 10 nitrogen and oxygen atoms in total. The van der Waals surface area contributed by atoms with Gasteiger partial charge in [0.2, 0.25) is 11.8 Å². The highest BCUT2D eigenvalue weighted by Gasteiger charge is 2.43. The minimum absolute atomic E-state index is 0.105. The maximum atomic E-state index is 14.1. The Hall–Kier alpha value is -4.70. The van der Waals surface area contributed by atoms with Crippen LogP contribution in [-0.4, -0.2) is 73.9 Å². The largest absolute Gasteiger partial charge is 0.497 e. The van der Waals surface area contributed by atoms with Crippen molar-refractivity contribution in [3.63, 3.8) is 0 Å². The second-order valence-electron chi connectivity index (χ2n) is 10.8. The molecule has 0 aromatic heterocycles. The van der Waals surface area contributed by atoms with Crippen LogP contribution in [0.15, 0.2) is 72.8 Å². The summed E-state index contributed by atoms with van der Waals surface area (Å²) in [4.78, 5) is 58.4. The minimum atomic E-state index is -1.29. The zero-order chi connectivity index (χ0) is 30.6. The number of anilines is 3. The number of ketones is 1. The standard InChI is InChI=1S/C33H36N4O6/c1-4-33(2,32(41)34-24-11-13-25(14-12-24)35-17-19-43-20-18-35)37(21-23-9-15-26(42-3)16-10-23)29(38)22-36-28-8-6-5-7-27(28)30(39)31(36)40/h5-16H,4,17-22H2,1-3H3,(H,34,41)/t33-/m1/s1. The zero-order valence-electron chi connectivity index (χ0n) is 24.7. The number of Topliss-reactive ketones (excluding diaryl/α,β-unsaturated/α-hetero) is 1. The minimum Gasteiger partial charge on any atom is -0.497 e. The molecule has 0 unspecified atom stereocenters. The number of rotatable bonds is 10. The highest BCUT2D eigenvalue weighted by atomic mass is 16.5. The van der Waals surface area contributed by atoms with Crippen LogP contribution in [0.5, 0.6) is 5.75 Å². The lowest BCUT2D eigenvalue weighted by molar-refractivity contribution is -0.145. The van der Waals surface area contributed by atoms with Gasteiger partial charge in [0.05, 0.1) is 31.6 Å². The second kappa shape index (κ2) is 12.7. The number of carbonyl (C=O) groups is 4. The molecule has 43 heavy (non-hydrogen) atoms. The van der Waals surface area contributed by atoms with E-state index in [1.54, 1.807) is 50.4 Å². The van der Waals surface area contributed by atoms with E-state index < -0.39 is 23.1 Å². The summed E-state index contributed by atoms with van der Waals surface area (Å²) < 4.78 is 10.7. The number of hydrogen-bond donors (Lipinski definition) is 1. The van der Waals surface area contributed by atoms with Crippen molar-refractivity contribution < 1.29 is 28.7 Å². The summed E-state index contributed by atoms with van der Waals surface area (Å²) >= 11 is 0. The number of benzene rings is 3. The van der Waals surface area contributed by atoms with Crippen LogP contribution >= 0.6 is 0 Å². The van der Waals surface area contributed by atoms with Crippen molar-refractivity contribution in [1.82, 2.24) is 4.90 Å². The Morgan fingerprint density at radius 1 is 0.977 bits per heavy atom. The Labute approximate surface area is 251 Å². The number of amides is 3. The first-order valence-electron chi connectivity index (χ1n) is 14.4. The number of hydrogen-bond acceptors (Lipinski definition) is 7. The van der Waals surface area contributed by atoms with E-state index in [-0.39, 0.29) is 24.6 Å². The summed E-state index contributed by atoms with van der Waals surface area (Å²) in [6, 6.07) is 21.5. The fourth-order valence-electron chi connectivity index (χ4n) is 5.39. The average molecular weight is 585 g/mol. The summed E-state index contributed by atoms with van der Waals surface area (Å²) in [6.07, 6.45) is 0.302. The molecule has 0 radical (unpaired) electrons. The van der Waals surface area contributed by atoms with Gasteiger partial charge in [0.25, 0.3) is 11.7 Å². The summed E-state index contributed by atoms with van der Waals surface area (Å²) in [6.45, 7) is 6.24. The van der Waals surface area contributed by atoms with Crippen molar-refractivity contribution in [3.05, 3.63) is 83.9 Å². The van der Waals surface area contributed by atoms with Crippen LogP contribution in [0.2, 0.25) is 0 Å². The van der Waals surface area contributed by atoms with E-state index in [2.05, 4.69) is 10.2 Å². The van der Waals surface area contributed by atoms with Gasteiger partial charge in [-0.15, -0.1) is 0 Å². The zero-order valence-corrected chi connectivity index (χ0v) is 24.7. The monoisotopic (exact) mass is 584 g/mol. The van der Waals surface area contributed by atoms with E-state index >= 15 is 0 Å². The number of fused-ring (bicyclic) bond motifs is 1. The Morgan fingerprint density at radius 3 is 2.30 bits per heavy atom. The number of nitrogens with one attached hydrogen (secondary N) is 1. The average Bonchev–Trinajstić information content (AvgIpc) is 3.29. The van der Waals surface area contributed by atoms with Crippen LogP contribution in [0, 0.1) is 0 Å². The smallest absolute Gasteiger partial charge is 0.299 e. The van der Waals surface area contributed by atoms with Crippen LogP contribution in [0.3, 0.4) is 0 Å². The lowest BCUT2D eigenvalue weighted by Gasteiger charge is -2.40. The summed E-state index contributed by atoms with van der Waals surface area (Å²) in [5, 5.41) is 3.00. The molecule has 0 bridgehead atoms. The maximum Gasteiger partial charge on any atom is 0.299 e. The quantitative estimate of drug-likeness (QED) is 0.360. The van der Waals surface area contributed by atoms with Crippen LogP contribution in [0.1, 0.15) is 36.2 Å². The molecule has 3 aromatic carbocycles. The van der Waals surface area contributed by atoms with Gasteiger partial charge >= 0.3 is 0 Å². The predicted molar refractivity (Wildman–Crippen MR) is 163 cm³/mol. The van der Waals surface area contributed by atoms with Gasteiger partial charge in [-0.2, -0.15) is 0 Å². The lowest BCUT2D eigenvalue weighted by Crippen LogP contribution is -2.58. The molecule has 3 amide bonds. The molecule has 0 saturated carbocycles. The third-order valence-electron chi connectivity index (χ3n) is 8.25. The van der Waals surface area contributed by atoms with Crippen LogP contribution in [-0.2, 0) is 25.7 Å². The van der Waals surface area contributed by atoms with Crippen molar-refractivity contribution >= 4 is 40.6 Å². The van der Waals surface area contributed by atoms with E-state index in [4.69, 9.17) is 9.47 Å². The van der Waals surface area contributed by atoms with Crippen molar-refractivity contribution in [2.24, 2.45) is 0 Å². The van der Waals surface area contributed by atoms with Gasteiger partial charge in [-0.3, -0.25) is 24.1 Å². The molecule has 3 aromatic rings. The molecule has 1 atom stereocenters. The second-order valence-corrected chi connectivity index (χ2v) is 10.8. The fraction of sp³-hybridized carbons (Fsp3) is 0.333. The van der Waals surface area contributed by atoms with Gasteiger partial charge in [-0.25, -0.2) is 0 Å². The van der Waals surface area contributed by atoms with Gasteiger partial charge in [0, 0.05) is 31.0 Å². The Kier molecular flexibility index (Phi) is 8.77. The van der Waals surface area contributed by atoms with Gasteiger partial charge in [-0.1, -0.05) is 31.2 Å². The number of methoxy groups -OCH3 is 1. The topological polar surface area (TPSA) is 108 Å². The third-order valence-corrected chi connectivity index (χ3v) is 8.25. The van der Waals surface area contributed by atoms with Gasteiger partial charge in [-0.05, 0) is 67.4 Å². The molecule has 2 aliphatic rings. The van der Waals surface area contributed by atoms with E-state index in [1.165, 1.54) is 9.80 Å². The Balaban J connectivity index is 1.41. The molecular formula is C33H36N4O6. The number of carbonyl (C=O) groups excluding carboxylic acids is 4. The van der Waals surface area contributed by atoms with Crippen molar-refractivity contribution in [2.45, 2.75) is 32.4 Å². The Bertz CT molecular complexity index is 1500. The van der Waals surface area contributed by atoms with Crippen molar-refractivity contribution in [3.8, 4) is 5.75 Å². The molecule has 1 N–H and O–H groups in total. The molecule has 1 fully saturated rings. The Morgan fingerprint density at radius 2 is 1.65 bits per heavy atom. The predicted octanol–water partition coefficient (Wildman–Crippen LogP) is 3.90. The molecule has 1 saturated heterocycles. The van der Waals surface area contributed by atoms with Crippen molar-refractivity contribution in [1.29, 1.82) is 0 Å². The van der Waals surface area contributed by atoms with Gasteiger partial charge < -0.3 is 24.6 Å². The normalized spacial score (nSPS) is 16.0. The van der Waals surface area contributed by atoms with Gasteiger partial charge in [0.1, 0.15) is 17.8 Å². The van der Waals surface area contributed by atoms with Crippen LogP contribution in [0.4, 0.5) is 17.1 Å². The van der Waals surface area contributed by atoms with E-state index in [9.17, 15) is 19.2 Å².